The van der Waals surface area contributed by atoms with Crippen LogP contribution in [0.1, 0.15) is 52.7 Å². The molecule has 0 fully saturated rings. The van der Waals surface area contributed by atoms with E-state index < -0.39 is 23.5 Å². The van der Waals surface area contributed by atoms with Crippen molar-refractivity contribution in [3.63, 3.8) is 0 Å². The van der Waals surface area contributed by atoms with E-state index in [4.69, 9.17) is 15.2 Å². The van der Waals surface area contributed by atoms with Gasteiger partial charge in [-0.15, -0.1) is 0 Å². The fraction of sp³-hybridized carbons (Fsp3) is 0.588. The molecule has 0 aliphatic rings. The molecule has 0 unspecified atom stereocenters. The van der Waals surface area contributed by atoms with Gasteiger partial charge in [0, 0.05) is 18.9 Å². The Labute approximate surface area is 143 Å². The van der Waals surface area contributed by atoms with Gasteiger partial charge in [-0.3, -0.25) is 4.98 Å². The smallest absolute Gasteiger partial charge is 0.428 e. The third-order valence-electron chi connectivity index (χ3n) is 2.11. The molecule has 24 heavy (non-hydrogen) atoms. The van der Waals surface area contributed by atoms with Gasteiger partial charge in [0.2, 0.25) is 0 Å². The van der Waals surface area contributed by atoms with Crippen molar-refractivity contribution < 1.29 is 23.8 Å². The van der Waals surface area contributed by atoms with Gasteiger partial charge in [0.1, 0.15) is 11.2 Å². The Bertz CT molecular complexity index is 519. The van der Waals surface area contributed by atoms with E-state index >= 15 is 0 Å². The zero-order valence-electron chi connectivity index (χ0n) is 15.5. The van der Waals surface area contributed by atoms with Crippen LogP contribution in [0, 0.1) is 6.92 Å². The average Bonchev–Trinajstić information content (AvgIpc) is 2.34. The quantitative estimate of drug-likeness (QED) is 0.614. The molecule has 0 bridgehead atoms. The van der Waals surface area contributed by atoms with E-state index in [2.05, 4.69) is 9.72 Å². The van der Waals surface area contributed by atoms with Crippen molar-refractivity contribution in [3.05, 3.63) is 29.6 Å². The summed E-state index contributed by atoms with van der Waals surface area (Å²) in [6.07, 6.45) is 1.49. The van der Waals surface area contributed by atoms with Crippen molar-refractivity contribution in [2.24, 2.45) is 5.73 Å². The van der Waals surface area contributed by atoms with Crippen LogP contribution in [0.5, 0.6) is 0 Å². The number of hydrogen-bond acceptors (Lipinski definition) is 7. The van der Waals surface area contributed by atoms with Crippen LogP contribution in [0.15, 0.2) is 18.5 Å². The summed E-state index contributed by atoms with van der Waals surface area (Å²) in [7, 11) is 0. The molecule has 0 aromatic carbocycles. The average molecular weight is 340 g/mol. The lowest BCUT2D eigenvalue weighted by Crippen LogP contribution is -2.29. The standard InChI is InChI=1S/C10H18O5.C7H10N2/c1-9(2,3)14-7(11)13-8(12)15-10(4,5)6;1-6-2-7(3-8)5-9-4-6/h1-6H3;2,4-5H,3,8H2,1H3. The van der Waals surface area contributed by atoms with E-state index in [1.54, 1.807) is 47.7 Å². The fourth-order valence-corrected chi connectivity index (χ4v) is 1.34. The summed E-state index contributed by atoms with van der Waals surface area (Å²) in [5.41, 5.74) is 6.25. The van der Waals surface area contributed by atoms with Crippen LogP contribution in [0.2, 0.25) is 0 Å². The highest BCUT2D eigenvalue weighted by atomic mass is 16.8. The highest BCUT2D eigenvalue weighted by molar-refractivity contribution is 5.77. The van der Waals surface area contributed by atoms with E-state index in [0.29, 0.717) is 6.54 Å². The van der Waals surface area contributed by atoms with Crippen molar-refractivity contribution in [2.45, 2.75) is 66.2 Å². The van der Waals surface area contributed by atoms with E-state index in [1.165, 1.54) is 0 Å². The first-order valence-electron chi connectivity index (χ1n) is 7.57. The van der Waals surface area contributed by atoms with Gasteiger partial charge in [0.15, 0.2) is 0 Å². The van der Waals surface area contributed by atoms with Gasteiger partial charge in [-0.05, 0) is 59.6 Å². The summed E-state index contributed by atoms with van der Waals surface area (Å²) in [5.74, 6) is 0. The lowest BCUT2D eigenvalue weighted by Gasteiger charge is -2.20. The second-order valence-electron chi connectivity index (χ2n) is 7.11. The maximum atomic E-state index is 11.0. The van der Waals surface area contributed by atoms with Gasteiger partial charge in [0.05, 0.1) is 0 Å². The molecule has 0 radical (unpaired) electrons. The van der Waals surface area contributed by atoms with Crippen molar-refractivity contribution in [1.29, 1.82) is 0 Å². The first-order valence-corrected chi connectivity index (χ1v) is 7.57. The molecular formula is C17H28N2O5. The predicted molar refractivity (Wildman–Crippen MR) is 90.4 cm³/mol. The molecule has 0 saturated carbocycles. The molecule has 0 saturated heterocycles. The Hall–Kier alpha value is -2.15. The molecule has 0 aliphatic carbocycles. The molecule has 0 amide bonds. The molecule has 0 aliphatic heterocycles. The Balaban J connectivity index is 0.000000496. The van der Waals surface area contributed by atoms with Crippen molar-refractivity contribution in [3.8, 4) is 0 Å². The van der Waals surface area contributed by atoms with Crippen LogP contribution in [0.4, 0.5) is 9.59 Å². The molecule has 136 valence electrons. The molecule has 0 atom stereocenters. The fourth-order valence-electron chi connectivity index (χ4n) is 1.34. The Kier molecular flexibility index (Phi) is 8.39. The summed E-state index contributed by atoms with van der Waals surface area (Å²) in [5, 5.41) is 0. The van der Waals surface area contributed by atoms with Crippen molar-refractivity contribution in [1.82, 2.24) is 4.98 Å². The third kappa shape index (κ3) is 12.4. The Morgan fingerprint density at radius 2 is 1.46 bits per heavy atom. The van der Waals surface area contributed by atoms with Gasteiger partial charge < -0.3 is 19.9 Å². The summed E-state index contributed by atoms with van der Waals surface area (Å²) in [6.45, 7) is 12.6. The van der Waals surface area contributed by atoms with E-state index in [1.807, 2.05) is 19.2 Å². The molecule has 1 aromatic heterocycles. The summed E-state index contributed by atoms with van der Waals surface area (Å²) in [4.78, 5) is 26.0. The zero-order valence-corrected chi connectivity index (χ0v) is 15.5. The second kappa shape index (κ2) is 9.22. The molecule has 2 N–H and O–H groups in total. The molecule has 1 aromatic rings. The monoisotopic (exact) mass is 340 g/mol. The van der Waals surface area contributed by atoms with E-state index in [-0.39, 0.29) is 0 Å². The van der Waals surface area contributed by atoms with Crippen molar-refractivity contribution >= 4 is 12.3 Å². The second-order valence-corrected chi connectivity index (χ2v) is 7.11. The first-order chi connectivity index (χ1) is 10.8. The lowest BCUT2D eigenvalue weighted by atomic mass is 10.2. The third-order valence-corrected chi connectivity index (χ3v) is 2.11. The number of carbonyl (C=O) groups is 2. The molecule has 0 spiro atoms. The first kappa shape index (κ1) is 21.9. The SMILES string of the molecule is CC(C)(C)OC(=O)OC(=O)OC(C)(C)C.Cc1cncc(CN)c1. The summed E-state index contributed by atoms with van der Waals surface area (Å²) >= 11 is 0. The van der Waals surface area contributed by atoms with Gasteiger partial charge in [-0.25, -0.2) is 9.59 Å². The number of pyridine rings is 1. The lowest BCUT2D eigenvalue weighted by molar-refractivity contribution is -0.0293. The maximum Gasteiger partial charge on any atom is 0.519 e. The number of nitrogens with zero attached hydrogens (tertiary/aromatic N) is 1. The van der Waals surface area contributed by atoms with Crippen LogP contribution in [-0.2, 0) is 20.8 Å². The number of rotatable bonds is 1. The normalized spacial score (nSPS) is 11.0. The predicted octanol–water partition coefficient (Wildman–Crippen LogP) is 3.72. The summed E-state index contributed by atoms with van der Waals surface area (Å²) in [6, 6.07) is 2.03. The van der Waals surface area contributed by atoms with Crippen LogP contribution in [-0.4, -0.2) is 28.5 Å². The maximum absolute atomic E-state index is 11.0. The molecule has 1 rings (SSSR count). The minimum atomic E-state index is -1.06. The van der Waals surface area contributed by atoms with Crippen LogP contribution in [0.3, 0.4) is 0 Å². The minimum absolute atomic E-state index is 0.578. The topological polar surface area (TPSA) is 101 Å². The van der Waals surface area contributed by atoms with Gasteiger partial charge in [-0.1, -0.05) is 6.07 Å². The van der Waals surface area contributed by atoms with E-state index in [0.717, 1.165) is 11.1 Å². The largest absolute Gasteiger partial charge is 0.519 e. The number of carbonyl (C=O) groups excluding carboxylic acids is 2. The summed E-state index contributed by atoms with van der Waals surface area (Å²) < 4.78 is 13.8. The number of hydrogen-bond donors (Lipinski definition) is 1. The van der Waals surface area contributed by atoms with E-state index in [9.17, 15) is 9.59 Å². The molecule has 7 nitrogen and oxygen atoms in total. The van der Waals surface area contributed by atoms with Crippen LogP contribution < -0.4 is 5.73 Å². The van der Waals surface area contributed by atoms with Crippen LogP contribution >= 0.6 is 0 Å². The van der Waals surface area contributed by atoms with Crippen molar-refractivity contribution in [2.75, 3.05) is 0 Å². The Morgan fingerprint density at radius 1 is 1.00 bits per heavy atom. The Morgan fingerprint density at radius 3 is 1.75 bits per heavy atom. The molecule has 7 heteroatoms. The van der Waals surface area contributed by atoms with Gasteiger partial charge in [-0.2, -0.15) is 0 Å². The minimum Gasteiger partial charge on any atom is -0.428 e. The molecule has 1 heterocycles. The molecular weight excluding hydrogens is 312 g/mol. The zero-order chi connectivity index (χ0) is 19.0. The number of aromatic nitrogens is 1. The van der Waals surface area contributed by atoms with Crippen LogP contribution in [0.25, 0.3) is 0 Å². The highest BCUT2D eigenvalue weighted by Gasteiger charge is 2.24. The number of aryl methyl sites for hydroxylation is 1. The highest BCUT2D eigenvalue weighted by Crippen LogP contribution is 2.11. The number of ether oxygens (including phenoxy) is 3. The van der Waals surface area contributed by atoms with Gasteiger partial charge >= 0.3 is 12.3 Å². The number of nitrogens with two attached hydrogens (primary N) is 1. The van der Waals surface area contributed by atoms with Gasteiger partial charge in [0.25, 0.3) is 0 Å².